The van der Waals surface area contributed by atoms with Crippen LogP contribution < -0.4 is 5.73 Å². The van der Waals surface area contributed by atoms with Crippen LogP contribution in [0, 0.1) is 12.8 Å². The lowest BCUT2D eigenvalue weighted by atomic mass is 9.94. The van der Waals surface area contributed by atoms with Gasteiger partial charge in [0.25, 0.3) is 5.91 Å². The van der Waals surface area contributed by atoms with Crippen molar-refractivity contribution in [3.63, 3.8) is 0 Å². The largest absolute Gasteiger partial charge is 0.339 e. The molecule has 3 rings (SSSR count). The van der Waals surface area contributed by atoms with Crippen molar-refractivity contribution in [1.29, 1.82) is 0 Å². The van der Waals surface area contributed by atoms with E-state index < -0.39 is 0 Å². The number of carbonyl (C=O) groups excluding carboxylic acids is 2. The van der Waals surface area contributed by atoms with E-state index in [0.717, 1.165) is 15.3 Å². The quantitative estimate of drug-likeness (QED) is 0.898. The van der Waals surface area contributed by atoms with Gasteiger partial charge in [0, 0.05) is 37.1 Å². The number of hydrogen-bond donors (Lipinski definition) is 1. The van der Waals surface area contributed by atoms with Gasteiger partial charge in [-0.3, -0.25) is 9.59 Å². The van der Waals surface area contributed by atoms with Crippen molar-refractivity contribution >= 4 is 23.2 Å². The van der Waals surface area contributed by atoms with Crippen LogP contribution in [0.3, 0.4) is 0 Å². The highest BCUT2D eigenvalue weighted by Crippen LogP contribution is 2.22. The van der Waals surface area contributed by atoms with Crippen molar-refractivity contribution in [2.24, 2.45) is 11.7 Å². The molecule has 0 aliphatic carbocycles. The standard InChI is InChI=1S/C20H25N3O2S/c1-14-8-9-17(26-14)20(25)23-12-10-22(11-13-23)19(24)15(2)18(21)16-6-4-3-5-7-16/h3-9,15,18H,10-13,21H2,1-2H3. The number of hydrogen-bond acceptors (Lipinski definition) is 4. The molecule has 1 aliphatic heterocycles. The summed E-state index contributed by atoms with van der Waals surface area (Å²) < 4.78 is 0. The average molecular weight is 372 g/mol. The number of benzene rings is 1. The zero-order valence-electron chi connectivity index (χ0n) is 15.2. The molecule has 1 saturated heterocycles. The first-order valence-corrected chi connectivity index (χ1v) is 9.74. The summed E-state index contributed by atoms with van der Waals surface area (Å²) in [7, 11) is 0. The van der Waals surface area contributed by atoms with Crippen molar-refractivity contribution in [2.75, 3.05) is 26.2 Å². The maximum Gasteiger partial charge on any atom is 0.264 e. The summed E-state index contributed by atoms with van der Waals surface area (Å²) in [6.07, 6.45) is 0. The summed E-state index contributed by atoms with van der Waals surface area (Å²) in [5.74, 6) is -0.177. The van der Waals surface area contributed by atoms with Gasteiger partial charge in [-0.25, -0.2) is 0 Å². The highest BCUT2D eigenvalue weighted by molar-refractivity contribution is 7.13. The Morgan fingerprint density at radius 2 is 1.62 bits per heavy atom. The molecule has 5 nitrogen and oxygen atoms in total. The number of thiophene rings is 1. The second-order valence-corrected chi connectivity index (χ2v) is 8.04. The molecule has 2 aromatic rings. The van der Waals surface area contributed by atoms with Crippen LogP contribution in [0.15, 0.2) is 42.5 Å². The van der Waals surface area contributed by atoms with E-state index >= 15 is 0 Å². The fourth-order valence-corrected chi connectivity index (χ4v) is 4.08. The Balaban J connectivity index is 1.57. The number of rotatable bonds is 4. The minimum absolute atomic E-state index is 0.0559. The second-order valence-electron chi connectivity index (χ2n) is 6.75. The molecule has 1 aliphatic rings. The number of carbonyl (C=O) groups is 2. The van der Waals surface area contributed by atoms with Gasteiger partial charge in [0.15, 0.2) is 0 Å². The molecule has 138 valence electrons. The van der Waals surface area contributed by atoms with Gasteiger partial charge in [-0.2, -0.15) is 0 Å². The third-order valence-corrected chi connectivity index (χ3v) is 5.93. The van der Waals surface area contributed by atoms with Gasteiger partial charge in [-0.1, -0.05) is 37.3 Å². The zero-order valence-corrected chi connectivity index (χ0v) is 16.0. The first-order valence-electron chi connectivity index (χ1n) is 8.92. The predicted octanol–water partition coefficient (Wildman–Crippen LogP) is 2.68. The van der Waals surface area contributed by atoms with E-state index in [2.05, 4.69) is 0 Å². The molecule has 2 atom stereocenters. The predicted molar refractivity (Wildman–Crippen MR) is 104 cm³/mol. The van der Waals surface area contributed by atoms with Gasteiger partial charge in [-0.05, 0) is 24.6 Å². The molecule has 1 aromatic heterocycles. The van der Waals surface area contributed by atoms with Gasteiger partial charge >= 0.3 is 0 Å². The fraction of sp³-hybridized carbons (Fsp3) is 0.400. The van der Waals surface area contributed by atoms with Crippen LogP contribution in [0.5, 0.6) is 0 Å². The Kier molecular flexibility index (Phi) is 5.74. The van der Waals surface area contributed by atoms with Crippen molar-refractivity contribution in [3.05, 3.63) is 57.8 Å². The Morgan fingerprint density at radius 3 is 2.19 bits per heavy atom. The molecule has 0 saturated carbocycles. The summed E-state index contributed by atoms with van der Waals surface area (Å²) in [4.78, 5) is 30.9. The minimum atomic E-state index is -0.322. The SMILES string of the molecule is Cc1ccc(C(=O)N2CCN(C(=O)C(C)C(N)c3ccccc3)CC2)s1. The van der Waals surface area contributed by atoms with Crippen molar-refractivity contribution in [1.82, 2.24) is 9.80 Å². The van der Waals surface area contributed by atoms with Crippen LogP contribution in [-0.2, 0) is 4.79 Å². The molecule has 1 aromatic carbocycles. The molecule has 6 heteroatoms. The van der Waals surface area contributed by atoms with Crippen LogP contribution in [-0.4, -0.2) is 47.8 Å². The van der Waals surface area contributed by atoms with Crippen LogP contribution in [0.25, 0.3) is 0 Å². The summed E-state index contributed by atoms with van der Waals surface area (Å²) in [6.45, 7) is 6.12. The number of amides is 2. The Morgan fingerprint density at radius 1 is 1.00 bits per heavy atom. The Labute approximate surface area is 158 Å². The normalized spacial score (nSPS) is 17.0. The van der Waals surface area contributed by atoms with Crippen LogP contribution in [0.2, 0.25) is 0 Å². The topological polar surface area (TPSA) is 66.6 Å². The monoisotopic (exact) mass is 371 g/mol. The molecule has 0 radical (unpaired) electrons. The third kappa shape index (κ3) is 3.97. The molecule has 26 heavy (non-hydrogen) atoms. The Hall–Kier alpha value is -2.18. The molecule has 0 spiro atoms. The van der Waals surface area contributed by atoms with E-state index in [0.29, 0.717) is 26.2 Å². The molecule has 2 N–H and O–H groups in total. The number of nitrogens with zero attached hydrogens (tertiary/aromatic N) is 2. The molecule has 1 fully saturated rings. The first-order chi connectivity index (χ1) is 12.5. The fourth-order valence-electron chi connectivity index (χ4n) is 3.24. The third-order valence-electron chi connectivity index (χ3n) is 4.94. The first kappa shape index (κ1) is 18.6. The van der Waals surface area contributed by atoms with Crippen LogP contribution in [0.1, 0.15) is 33.1 Å². The second kappa shape index (κ2) is 8.01. The molecule has 2 amide bonds. The van der Waals surface area contributed by atoms with Crippen molar-refractivity contribution < 1.29 is 9.59 Å². The lowest BCUT2D eigenvalue weighted by molar-refractivity contribution is -0.137. The summed E-state index contributed by atoms with van der Waals surface area (Å²) in [5.41, 5.74) is 7.26. The van der Waals surface area contributed by atoms with E-state index in [1.165, 1.54) is 11.3 Å². The summed E-state index contributed by atoms with van der Waals surface area (Å²) in [6, 6.07) is 13.2. The van der Waals surface area contributed by atoms with Gasteiger partial charge in [0.05, 0.1) is 10.8 Å². The van der Waals surface area contributed by atoms with Gasteiger partial charge < -0.3 is 15.5 Å². The molecular formula is C20H25N3O2S. The van der Waals surface area contributed by atoms with Gasteiger partial charge in [-0.15, -0.1) is 11.3 Å². The molecule has 2 unspecified atom stereocenters. The summed E-state index contributed by atoms with van der Waals surface area (Å²) >= 11 is 1.51. The van der Waals surface area contributed by atoms with Crippen molar-refractivity contribution in [3.8, 4) is 0 Å². The smallest absolute Gasteiger partial charge is 0.264 e. The zero-order chi connectivity index (χ0) is 18.7. The van der Waals surface area contributed by atoms with E-state index in [-0.39, 0.29) is 23.8 Å². The highest BCUT2D eigenvalue weighted by atomic mass is 32.1. The summed E-state index contributed by atoms with van der Waals surface area (Å²) in [5, 5.41) is 0. The lowest BCUT2D eigenvalue weighted by Crippen LogP contribution is -2.52. The van der Waals surface area contributed by atoms with Gasteiger partial charge in [0.1, 0.15) is 0 Å². The van der Waals surface area contributed by atoms with E-state index in [9.17, 15) is 9.59 Å². The van der Waals surface area contributed by atoms with Crippen LogP contribution >= 0.6 is 11.3 Å². The molecule has 0 bridgehead atoms. The van der Waals surface area contributed by atoms with Gasteiger partial charge in [0.2, 0.25) is 5.91 Å². The van der Waals surface area contributed by atoms with E-state index in [1.807, 2.05) is 66.1 Å². The van der Waals surface area contributed by atoms with Crippen molar-refractivity contribution in [2.45, 2.75) is 19.9 Å². The van der Waals surface area contributed by atoms with E-state index in [1.54, 1.807) is 0 Å². The molecule has 2 heterocycles. The van der Waals surface area contributed by atoms with Crippen LogP contribution in [0.4, 0.5) is 0 Å². The number of piperazine rings is 1. The molecular weight excluding hydrogens is 346 g/mol. The Bertz CT molecular complexity index is 766. The average Bonchev–Trinajstić information content (AvgIpc) is 3.13. The lowest BCUT2D eigenvalue weighted by Gasteiger charge is -2.36. The number of aryl methyl sites for hydroxylation is 1. The minimum Gasteiger partial charge on any atom is -0.339 e. The highest BCUT2D eigenvalue weighted by Gasteiger charge is 2.30. The maximum absolute atomic E-state index is 12.8. The maximum atomic E-state index is 12.8. The number of nitrogens with two attached hydrogens (primary N) is 1. The van der Waals surface area contributed by atoms with E-state index in [4.69, 9.17) is 5.73 Å².